The van der Waals surface area contributed by atoms with Crippen molar-refractivity contribution < 1.29 is 9.68 Å². The first-order valence-corrected chi connectivity index (χ1v) is 6.79. The van der Waals surface area contributed by atoms with Crippen LogP contribution in [0.1, 0.15) is 13.8 Å². The van der Waals surface area contributed by atoms with Gasteiger partial charge in [-0.05, 0) is 49.2 Å². The highest BCUT2D eigenvalue weighted by Crippen LogP contribution is 2.23. The van der Waals surface area contributed by atoms with E-state index in [2.05, 4.69) is 35.2 Å². The van der Waals surface area contributed by atoms with Gasteiger partial charge >= 0.3 is 0 Å². The van der Waals surface area contributed by atoms with Crippen LogP contribution in [0, 0.1) is 0 Å². The lowest BCUT2D eigenvalue weighted by Crippen LogP contribution is -2.00. The molecule has 0 heterocycles. The minimum Gasteiger partial charge on any atom is -0.276 e. The van der Waals surface area contributed by atoms with Gasteiger partial charge in [0.1, 0.15) is 0 Å². The molecule has 2 rings (SSSR count). The minimum atomic E-state index is 0.635. The van der Waals surface area contributed by atoms with Crippen molar-refractivity contribution in [3.63, 3.8) is 0 Å². The molecule has 0 spiro atoms. The summed E-state index contributed by atoms with van der Waals surface area (Å²) < 4.78 is 0. The van der Waals surface area contributed by atoms with E-state index in [1.165, 1.54) is 0 Å². The molecule has 0 saturated heterocycles. The molecule has 2 aromatic carbocycles. The molecular formula is C16H20N2O2. The van der Waals surface area contributed by atoms with Gasteiger partial charge < -0.3 is 0 Å². The lowest BCUT2D eigenvalue weighted by Gasteiger charge is -2.08. The van der Waals surface area contributed by atoms with Gasteiger partial charge in [0.2, 0.25) is 0 Å². The quantitative estimate of drug-likeness (QED) is 0.745. The van der Waals surface area contributed by atoms with Gasteiger partial charge in [0.25, 0.3) is 0 Å². The summed E-state index contributed by atoms with van der Waals surface area (Å²) in [6.07, 6.45) is 0. The van der Waals surface area contributed by atoms with Gasteiger partial charge in [-0.3, -0.25) is 20.6 Å². The molecule has 4 heteroatoms. The molecule has 0 radical (unpaired) electrons. The smallest absolute Gasteiger partial charge is 0.0717 e. The highest BCUT2D eigenvalue weighted by Gasteiger charge is 1.99. The van der Waals surface area contributed by atoms with Crippen LogP contribution >= 0.6 is 0 Å². The lowest BCUT2D eigenvalue weighted by atomic mass is 10.1. The first-order chi connectivity index (χ1) is 9.83. The standard InChI is InChI=1S/C16H20N2O2/c1-3-19-17-15-9-5-13(6-10-15)14-7-11-16(12-8-14)18-20-4-2/h5-12,17-18H,3-4H2,1-2H3. The van der Waals surface area contributed by atoms with Crippen LogP contribution in [-0.2, 0) is 9.68 Å². The average molecular weight is 272 g/mol. The van der Waals surface area contributed by atoms with Crippen molar-refractivity contribution in [2.45, 2.75) is 13.8 Å². The monoisotopic (exact) mass is 272 g/mol. The van der Waals surface area contributed by atoms with Gasteiger partial charge in [-0.2, -0.15) is 0 Å². The van der Waals surface area contributed by atoms with E-state index in [9.17, 15) is 0 Å². The van der Waals surface area contributed by atoms with Crippen molar-refractivity contribution >= 4 is 11.4 Å². The van der Waals surface area contributed by atoms with Crippen LogP contribution in [0.15, 0.2) is 48.5 Å². The van der Waals surface area contributed by atoms with Crippen LogP contribution in [0.2, 0.25) is 0 Å². The minimum absolute atomic E-state index is 0.635. The zero-order valence-electron chi connectivity index (χ0n) is 11.8. The summed E-state index contributed by atoms with van der Waals surface area (Å²) >= 11 is 0. The van der Waals surface area contributed by atoms with Crippen LogP contribution in [0.25, 0.3) is 11.1 Å². The highest BCUT2D eigenvalue weighted by molar-refractivity contribution is 5.67. The number of anilines is 2. The molecule has 0 bridgehead atoms. The van der Waals surface area contributed by atoms with Crippen molar-refractivity contribution in [1.82, 2.24) is 0 Å². The first kappa shape index (κ1) is 14.4. The fraction of sp³-hybridized carbons (Fsp3) is 0.250. The molecule has 0 aromatic heterocycles. The van der Waals surface area contributed by atoms with E-state index in [0.717, 1.165) is 22.5 Å². The third-order valence-electron chi connectivity index (χ3n) is 2.77. The molecule has 20 heavy (non-hydrogen) atoms. The number of benzene rings is 2. The largest absolute Gasteiger partial charge is 0.276 e. The van der Waals surface area contributed by atoms with Crippen LogP contribution < -0.4 is 11.0 Å². The van der Waals surface area contributed by atoms with Gasteiger partial charge in [-0.1, -0.05) is 24.3 Å². The third-order valence-corrected chi connectivity index (χ3v) is 2.77. The molecule has 0 aliphatic heterocycles. The second-order valence-electron chi connectivity index (χ2n) is 4.22. The van der Waals surface area contributed by atoms with E-state index in [1.807, 2.05) is 38.1 Å². The Morgan fingerprint density at radius 2 is 1.00 bits per heavy atom. The Morgan fingerprint density at radius 3 is 1.30 bits per heavy atom. The molecule has 0 atom stereocenters. The number of nitrogens with one attached hydrogen (secondary N) is 2. The average Bonchev–Trinajstić information content (AvgIpc) is 2.52. The molecule has 0 amide bonds. The topological polar surface area (TPSA) is 42.5 Å². The molecule has 0 saturated carbocycles. The number of hydrogen-bond acceptors (Lipinski definition) is 4. The normalized spacial score (nSPS) is 10.3. The Balaban J connectivity index is 2.03. The Kier molecular flexibility index (Phi) is 5.41. The van der Waals surface area contributed by atoms with Crippen LogP contribution in [-0.4, -0.2) is 13.2 Å². The van der Waals surface area contributed by atoms with Gasteiger partial charge in [0.15, 0.2) is 0 Å². The zero-order valence-corrected chi connectivity index (χ0v) is 11.8. The SMILES string of the molecule is CCONc1ccc(-c2ccc(NOCC)cc2)cc1. The lowest BCUT2D eigenvalue weighted by molar-refractivity contribution is 0.210. The van der Waals surface area contributed by atoms with Gasteiger partial charge in [-0.25, -0.2) is 0 Å². The Labute approximate surface area is 119 Å². The fourth-order valence-electron chi connectivity index (χ4n) is 1.77. The predicted octanol–water partition coefficient (Wildman–Crippen LogP) is 4.08. The van der Waals surface area contributed by atoms with Crippen molar-refractivity contribution in [1.29, 1.82) is 0 Å². The van der Waals surface area contributed by atoms with E-state index >= 15 is 0 Å². The van der Waals surface area contributed by atoms with E-state index in [-0.39, 0.29) is 0 Å². The zero-order chi connectivity index (χ0) is 14.2. The van der Waals surface area contributed by atoms with E-state index in [1.54, 1.807) is 0 Å². The number of hydrogen-bond donors (Lipinski definition) is 2. The first-order valence-electron chi connectivity index (χ1n) is 6.79. The van der Waals surface area contributed by atoms with Crippen molar-refractivity contribution in [3.8, 4) is 11.1 Å². The molecule has 0 unspecified atom stereocenters. The molecule has 2 N–H and O–H groups in total. The maximum atomic E-state index is 5.15. The van der Waals surface area contributed by atoms with Gasteiger partial charge in [0, 0.05) is 0 Å². The maximum Gasteiger partial charge on any atom is 0.0717 e. The maximum absolute atomic E-state index is 5.15. The summed E-state index contributed by atoms with van der Waals surface area (Å²) in [5.41, 5.74) is 9.98. The van der Waals surface area contributed by atoms with E-state index in [4.69, 9.17) is 9.68 Å². The summed E-state index contributed by atoms with van der Waals surface area (Å²) in [7, 11) is 0. The summed E-state index contributed by atoms with van der Waals surface area (Å²) in [5, 5.41) is 0. The molecule has 0 aliphatic carbocycles. The summed E-state index contributed by atoms with van der Waals surface area (Å²) in [4.78, 5) is 10.3. The summed E-state index contributed by atoms with van der Waals surface area (Å²) in [6.45, 7) is 5.16. The van der Waals surface area contributed by atoms with Gasteiger partial charge in [-0.15, -0.1) is 0 Å². The van der Waals surface area contributed by atoms with Crippen LogP contribution in [0.3, 0.4) is 0 Å². The molecule has 2 aromatic rings. The Bertz CT molecular complexity index is 460. The van der Waals surface area contributed by atoms with Crippen LogP contribution in [0.5, 0.6) is 0 Å². The second kappa shape index (κ2) is 7.53. The van der Waals surface area contributed by atoms with E-state index in [0.29, 0.717) is 13.2 Å². The highest BCUT2D eigenvalue weighted by atomic mass is 16.6. The van der Waals surface area contributed by atoms with Crippen molar-refractivity contribution in [3.05, 3.63) is 48.5 Å². The molecular weight excluding hydrogens is 252 g/mol. The second-order valence-corrected chi connectivity index (χ2v) is 4.22. The third kappa shape index (κ3) is 3.98. The molecule has 0 fully saturated rings. The van der Waals surface area contributed by atoms with Crippen molar-refractivity contribution in [2.24, 2.45) is 0 Å². The summed E-state index contributed by atoms with van der Waals surface area (Å²) in [6, 6.07) is 16.2. The van der Waals surface area contributed by atoms with Crippen LogP contribution in [0.4, 0.5) is 11.4 Å². The molecule has 106 valence electrons. The molecule has 4 nitrogen and oxygen atoms in total. The predicted molar refractivity (Wildman–Crippen MR) is 82.4 cm³/mol. The number of rotatable bonds is 7. The molecule has 0 aliphatic rings. The fourth-order valence-corrected chi connectivity index (χ4v) is 1.77. The summed E-state index contributed by atoms with van der Waals surface area (Å²) in [5.74, 6) is 0. The Hall–Kier alpha value is -2.04. The Morgan fingerprint density at radius 1 is 0.650 bits per heavy atom. The van der Waals surface area contributed by atoms with E-state index < -0.39 is 0 Å². The van der Waals surface area contributed by atoms with Gasteiger partial charge in [0.05, 0.1) is 24.6 Å². The van der Waals surface area contributed by atoms with Crippen molar-refractivity contribution in [2.75, 3.05) is 24.2 Å².